The number of benzene rings is 3. The predicted molar refractivity (Wildman–Crippen MR) is 120 cm³/mol. The minimum atomic E-state index is -0.789. The molecule has 0 aromatic heterocycles. The molecule has 3 aromatic rings. The van der Waals surface area contributed by atoms with E-state index in [1.54, 1.807) is 12.1 Å². The molecule has 158 valence electrons. The Morgan fingerprint density at radius 3 is 2.06 bits per heavy atom. The van der Waals surface area contributed by atoms with Crippen molar-refractivity contribution in [3.05, 3.63) is 89.5 Å². The number of amides is 1. The minimum absolute atomic E-state index is 0.0162. The van der Waals surface area contributed by atoms with E-state index < -0.39 is 18.0 Å². The zero-order valence-electron chi connectivity index (χ0n) is 17.4. The molecule has 0 spiro atoms. The van der Waals surface area contributed by atoms with Crippen LogP contribution in [0.2, 0.25) is 0 Å². The summed E-state index contributed by atoms with van der Waals surface area (Å²) in [4.78, 5) is 23.6. The minimum Gasteiger partial charge on any atom is -0.481 e. The van der Waals surface area contributed by atoms with Crippen LogP contribution in [0.3, 0.4) is 0 Å². The molecule has 1 aliphatic carbocycles. The fraction of sp³-hybridized carbons (Fsp3) is 0.231. The number of aliphatic carboxylic acids is 1. The van der Waals surface area contributed by atoms with Crippen molar-refractivity contribution >= 4 is 17.7 Å². The number of nitrogens with one attached hydrogen (secondary N) is 1. The van der Waals surface area contributed by atoms with E-state index in [9.17, 15) is 14.7 Å². The third kappa shape index (κ3) is 4.45. The van der Waals surface area contributed by atoms with Gasteiger partial charge in [-0.05, 0) is 52.8 Å². The lowest BCUT2D eigenvalue weighted by Crippen LogP contribution is -2.18. The summed E-state index contributed by atoms with van der Waals surface area (Å²) in [5, 5.41) is 12.0. The number of carbonyl (C=O) groups excluding carboxylic acids is 1. The molecule has 1 atom stereocenters. The van der Waals surface area contributed by atoms with Gasteiger partial charge in [0.25, 0.3) is 0 Å². The smallest absolute Gasteiger partial charge is 0.411 e. The van der Waals surface area contributed by atoms with Crippen molar-refractivity contribution in [2.24, 2.45) is 5.92 Å². The van der Waals surface area contributed by atoms with Crippen LogP contribution in [0.5, 0.6) is 0 Å². The molecule has 0 saturated carbocycles. The normalized spacial score (nSPS) is 13.2. The van der Waals surface area contributed by atoms with Crippen molar-refractivity contribution in [2.45, 2.75) is 25.7 Å². The fourth-order valence-electron chi connectivity index (χ4n) is 4.17. The summed E-state index contributed by atoms with van der Waals surface area (Å²) in [7, 11) is 0. The van der Waals surface area contributed by atoms with Gasteiger partial charge in [-0.25, -0.2) is 4.79 Å². The van der Waals surface area contributed by atoms with Gasteiger partial charge in [-0.2, -0.15) is 0 Å². The van der Waals surface area contributed by atoms with E-state index in [2.05, 4.69) is 29.6 Å². The highest BCUT2D eigenvalue weighted by Gasteiger charge is 2.29. The van der Waals surface area contributed by atoms with Gasteiger partial charge in [0.1, 0.15) is 6.61 Å². The molecular formula is C26H25NO4. The van der Waals surface area contributed by atoms with E-state index in [0.717, 1.165) is 5.56 Å². The van der Waals surface area contributed by atoms with E-state index in [-0.39, 0.29) is 12.5 Å². The van der Waals surface area contributed by atoms with Crippen LogP contribution in [0.25, 0.3) is 11.1 Å². The number of anilines is 1. The molecule has 1 aliphatic rings. The molecule has 0 saturated heterocycles. The zero-order valence-corrected chi connectivity index (χ0v) is 17.4. The second kappa shape index (κ2) is 9.04. The van der Waals surface area contributed by atoms with Crippen LogP contribution in [0.4, 0.5) is 10.5 Å². The van der Waals surface area contributed by atoms with Crippen molar-refractivity contribution in [1.82, 2.24) is 0 Å². The average Bonchev–Trinajstić information content (AvgIpc) is 3.11. The van der Waals surface area contributed by atoms with E-state index in [0.29, 0.717) is 18.5 Å². The van der Waals surface area contributed by atoms with Crippen LogP contribution >= 0.6 is 0 Å². The van der Waals surface area contributed by atoms with Crippen molar-refractivity contribution in [3.63, 3.8) is 0 Å². The molecule has 3 aromatic carbocycles. The quantitative estimate of drug-likeness (QED) is 0.519. The highest BCUT2D eigenvalue weighted by molar-refractivity contribution is 5.85. The predicted octanol–water partition coefficient (Wildman–Crippen LogP) is 5.70. The summed E-state index contributed by atoms with van der Waals surface area (Å²) in [5.41, 5.74) is 6.26. The first-order valence-electron chi connectivity index (χ1n) is 10.5. The largest absolute Gasteiger partial charge is 0.481 e. The molecule has 0 fully saturated rings. The van der Waals surface area contributed by atoms with Crippen molar-refractivity contribution in [3.8, 4) is 11.1 Å². The second-order valence-electron chi connectivity index (χ2n) is 7.80. The summed E-state index contributed by atoms with van der Waals surface area (Å²) in [6.07, 6.45) is 0.540. The summed E-state index contributed by atoms with van der Waals surface area (Å²) in [6.45, 7) is 2.13. The lowest BCUT2D eigenvalue weighted by atomic mass is 9.97. The molecule has 4 rings (SSSR count). The molecule has 5 nitrogen and oxygen atoms in total. The summed E-state index contributed by atoms with van der Waals surface area (Å²) >= 11 is 0. The van der Waals surface area contributed by atoms with Crippen LogP contribution in [-0.4, -0.2) is 23.8 Å². The number of carboxylic acid groups (broad SMARTS) is 1. The zero-order chi connectivity index (χ0) is 21.8. The molecule has 5 heteroatoms. The highest BCUT2D eigenvalue weighted by atomic mass is 16.5. The molecule has 0 aliphatic heterocycles. The number of carboxylic acids is 1. The highest BCUT2D eigenvalue weighted by Crippen LogP contribution is 2.44. The average molecular weight is 415 g/mol. The Labute approximate surface area is 181 Å². The van der Waals surface area contributed by atoms with Crippen LogP contribution in [0.1, 0.15) is 36.0 Å². The molecular weight excluding hydrogens is 390 g/mol. The molecule has 0 bridgehead atoms. The van der Waals surface area contributed by atoms with Gasteiger partial charge >= 0.3 is 12.1 Å². The van der Waals surface area contributed by atoms with Gasteiger partial charge in [0.05, 0.1) is 5.92 Å². The van der Waals surface area contributed by atoms with Crippen molar-refractivity contribution in [2.75, 3.05) is 11.9 Å². The Morgan fingerprint density at radius 2 is 1.52 bits per heavy atom. The first-order chi connectivity index (χ1) is 15.1. The van der Waals surface area contributed by atoms with Crippen molar-refractivity contribution in [1.29, 1.82) is 0 Å². The van der Waals surface area contributed by atoms with E-state index >= 15 is 0 Å². The maximum atomic E-state index is 12.4. The number of hydrogen-bond acceptors (Lipinski definition) is 3. The molecule has 1 amide bonds. The van der Waals surface area contributed by atoms with Gasteiger partial charge in [-0.15, -0.1) is 0 Å². The van der Waals surface area contributed by atoms with Crippen LogP contribution in [0, 0.1) is 5.92 Å². The molecule has 2 N–H and O–H groups in total. The lowest BCUT2D eigenvalue weighted by Gasteiger charge is -2.15. The number of rotatable bonds is 7. The van der Waals surface area contributed by atoms with Gasteiger partial charge in [0, 0.05) is 11.6 Å². The third-order valence-electron chi connectivity index (χ3n) is 5.87. The van der Waals surface area contributed by atoms with Crippen LogP contribution in [0.15, 0.2) is 72.8 Å². The van der Waals surface area contributed by atoms with Crippen LogP contribution < -0.4 is 5.32 Å². The first-order valence-corrected chi connectivity index (χ1v) is 10.5. The number of hydrogen-bond donors (Lipinski definition) is 2. The Kier molecular flexibility index (Phi) is 6.03. The Balaban J connectivity index is 1.37. The molecule has 31 heavy (non-hydrogen) atoms. The molecule has 1 unspecified atom stereocenters. The topological polar surface area (TPSA) is 75.6 Å². The number of fused-ring (bicyclic) bond motifs is 3. The molecule has 0 heterocycles. The lowest BCUT2D eigenvalue weighted by molar-refractivity contribution is -0.141. The van der Waals surface area contributed by atoms with E-state index in [1.807, 2.05) is 43.3 Å². The second-order valence-corrected chi connectivity index (χ2v) is 7.80. The van der Waals surface area contributed by atoms with Crippen LogP contribution in [-0.2, 0) is 16.0 Å². The van der Waals surface area contributed by atoms with E-state index in [4.69, 9.17) is 4.74 Å². The summed E-state index contributed by atoms with van der Waals surface area (Å²) in [5.74, 6) is -1.17. The summed E-state index contributed by atoms with van der Waals surface area (Å²) in [6, 6.07) is 23.6. The van der Waals surface area contributed by atoms with Gasteiger partial charge < -0.3 is 9.84 Å². The SMILES string of the molecule is CCC(Cc1ccc(NC(=O)OCC2c3ccccc3-c3ccccc32)cc1)C(=O)O. The molecule has 0 radical (unpaired) electrons. The third-order valence-corrected chi connectivity index (χ3v) is 5.87. The van der Waals surface area contributed by atoms with Gasteiger partial charge in [-0.3, -0.25) is 10.1 Å². The fourth-order valence-corrected chi connectivity index (χ4v) is 4.17. The summed E-state index contributed by atoms with van der Waals surface area (Å²) < 4.78 is 5.56. The maximum Gasteiger partial charge on any atom is 0.411 e. The maximum absolute atomic E-state index is 12.4. The van der Waals surface area contributed by atoms with Gasteiger partial charge in [0.2, 0.25) is 0 Å². The van der Waals surface area contributed by atoms with Crippen molar-refractivity contribution < 1.29 is 19.4 Å². The standard InChI is InChI=1S/C26H25NO4/c1-2-18(25(28)29)15-17-11-13-19(14-12-17)27-26(30)31-16-24-22-9-5-3-7-20(22)21-8-4-6-10-23(21)24/h3-14,18,24H,2,15-16H2,1H3,(H,27,30)(H,28,29). The number of carbonyl (C=O) groups is 2. The van der Waals surface area contributed by atoms with Gasteiger partial charge in [-0.1, -0.05) is 67.6 Å². The van der Waals surface area contributed by atoms with E-state index in [1.165, 1.54) is 22.3 Å². The Morgan fingerprint density at radius 1 is 0.935 bits per heavy atom. The first kappa shape index (κ1) is 20.7. The number of ether oxygens (including phenoxy) is 1. The monoisotopic (exact) mass is 415 g/mol. The van der Waals surface area contributed by atoms with Gasteiger partial charge in [0.15, 0.2) is 0 Å². The Hall–Kier alpha value is -3.60. The Bertz CT molecular complexity index is 1050.